The largest absolute Gasteiger partial charge is 0.362 e. The van der Waals surface area contributed by atoms with Crippen molar-refractivity contribution in [3.05, 3.63) is 34.4 Å². The molecule has 0 spiro atoms. The van der Waals surface area contributed by atoms with Gasteiger partial charge in [0.25, 0.3) is 5.69 Å². The summed E-state index contributed by atoms with van der Waals surface area (Å²) in [4.78, 5) is 21.4. The van der Waals surface area contributed by atoms with Gasteiger partial charge < -0.3 is 10.6 Å². The monoisotopic (exact) mass is 339 g/mol. The third-order valence-electron chi connectivity index (χ3n) is 2.34. The van der Waals surface area contributed by atoms with E-state index in [0.29, 0.717) is 5.69 Å². The number of carbonyl (C=O) groups is 1. The highest BCUT2D eigenvalue weighted by molar-refractivity contribution is 6.68. The molecule has 1 rings (SSSR count). The lowest BCUT2D eigenvalue weighted by Crippen LogP contribution is -2.48. The van der Waals surface area contributed by atoms with Crippen molar-refractivity contribution < 1.29 is 9.72 Å². The van der Waals surface area contributed by atoms with Gasteiger partial charge in [-0.05, 0) is 12.1 Å². The summed E-state index contributed by atoms with van der Waals surface area (Å²) in [7, 11) is 0. The van der Waals surface area contributed by atoms with Crippen LogP contribution in [0.15, 0.2) is 24.3 Å². The number of carbonyl (C=O) groups excluding carboxylic acids is 1. The van der Waals surface area contributed by atoms with Gasteiger partial charge in [0.15, 0.2) is 0 Å². The van der Waals surface area contributed by atoms with Crippen molar-refractivity contribution in [2.75, 3.05) is 5.32 Å². The lowest BCUT2D eigenvalue weighted by molar-refractivity contribution is -0.384. The molecule has 1 aromatic carbocycles. The van der Waals surface area contributed by atoms with Crippen LogP contribution in [-0.2, 0) is 4.79 Å². The van der Waals surface area contributed by atoms with E-state index < -0.39 is 14.9 Å². The second kappa shape index (κ2) is 6.97. The molecule has 1 aromatic rings. The topological polar surface area (TPSA) is 84.3 Å². The first-order valence-electron chi connectivity index (χ1n) is 5.61. The van der Waals surface area contributed by atoms with Gasteiger partial charge in [-0.25, -0.2) is 0 Å². The lowest BCUT2D eigenvalue weighted by Gasteiger charge is -2.27. The Morgan fingerprint density at radius 3 is 2.30 bits per heavy atom. The number of anilines is 1. The molecular formula is C11H12Cl3N3O3. The summed E-state index contributed by atoms with van der Waals surface area (Å²) in [6.45, 7) is 1.66. The van der Waals surface area contributed by atoms with Crippen LogP contribution in [0.3, 0.4) is 0 Å². The number of rotatable bonds is 5. The molecular weight excluding hydrogens is 328 g/mol. The quantitative estimate of drug-likeness (QED) is 0.373. The Kier molecular flexibility index (Phi) is 5.86. The van der Waals surface area contributed by atoms with E-state index in [0.717, 1.165) is 0 Å². The molecule has 0 heterocycles. The van der Waals surface area contributed by atoms with E-state index in [1.165, 1.54) is 24.3 Å². The van der Waals surface area contributed by atoms with Crippen molar-refractivity contribution >= 4 is 52.1 Å². The van der Waals surface area contributed by atoms with E-state index in [4.69, 9.17) is 34.8 Å². The highest BCUT2D eigenvalue weighted by Crippen LogP contribution is 2.31. The second-order valence-corrected chi connectivity index (χ2v) is 6.21. The van der Waals surface area contributed by atoms with Crippen LogP contribution in [0.4, 0.5) is 11.4 Å². The van der Waals surface area contributed by atoms with Gasteiger partial charge in [0.05, 0.1) is 4.92 Å². The zero-order chi connectivity index (χ0) is 15.3. The van der Waals surface area contributed by atoms with Gasteiger partial charge in [0, 0.05) is 24.2 Å². The molecule has 0 aromatic heterocycles. The number of non-ortho nitro benzene ring substituents is 1. The summed E-state index contributed by atoms with van der Waals surface area (Å²) in [6, 6.07) is 5.53. The number of hydrogen-bond donors (Lipinski definition) is 2. The van der Waals surface area contributed by atoms with Crippen molar-refractivity contribution in [2.24, 2.45) is 0 Å². The molecule has 6 nitrogen and oxygen atoms in total. The van der Waals surface area contributed by atoms with E-state index in [9.17, 15) is 14.9 Å². The zero-order valence-corrected chi connectivity index (χ0v) is 12.7. The minimum atomic E-state index is -1.77. The zero-order valence-electron chi connectivity index (χ0n) is 10.4. The molecule has 0 saturated carbocycles. The number of benzene rings is 1. The standard InChI is InChI=1S/C11H12Cl3N3O3/c1-2-9(18)16-10(11(12,13)14)15-7-3-5-8(6-4-7)17(19)20/h3-6,10,15H,2H2,1H3,(H,16,18)/t10-/m0/s1. The minimum absolute atomic E-state index is 0.0569. The third-order valence-corrected chi connectivity index (χ3v) is 3.00. The smallest absolute Gasteiger partial charge is 0.269 e. The summed E-state index contributed by atoms with van der Waals surface area (Å²) in [5.41, 5.74) is 0.418. The van der Waals surface area contributed by atoms with E-state index in [-0.39, 0.29) is 18.0 Å². The van der Waals surface area contributed by atoms with Crippen molar-refractivity contribution in [3.8, 4) is 0 Å². The average Bonchev–Trinajstić information content (AvgIpc) is 2.37. The van der Waals surface area contributed by atoms with Gasteiger partial charge in [0.2, 0.25) is 9.70 Å². The van der Waals surface area contributed by atoms with Crippen LogP contribution in [0.1, 0.15) is 13.3 Å². The molecule has 0 fully saturated rings. The molecule has 2 N–H and O–H groups in total. The van der Waals surface area contributed by atoms with Crippen LogP contribution in [-0.4, -0.2) is 20.8 Å². The van der Waals surface area contributed by atoms with Crippen LogP contribution in [0, 0.1) is 10.1 Å². The van der Waals surface area contributed by atoms with Crippen LogP contribution in [0.25, 0.3) is 0 Å². The van der Waals surface area contributed by atoms with Gasteiger partial charge in [-0.2, -0.15) is 0 Å². The number of nitrogens with one attached hydrogen (secondary N) is 2. The van der Waals surface area contributed by atoms with Gasteiger partial charge in [0.1, 0.15) is 6.17 Å². The van der Waals surface area contributed by atoms with Gasteiger partial charge in [-0.3, -0.25) is 14.9 Å². The Bertz CT molecular complexity index is 488. The Morgan fingerprint density at radius 2 is 1.90 bits per heavy atom. The van der Waals surface area contributed by atoms with Crippen LogP contribution < -0.4 is 10.6 Å². The number of hydrogen-bond acceptors (Lipinski definition) is 4. The Hall–Kier alpha value is -1.24. The van der Waals surface area contributed by atoms with Gasteiger partial charge in [-0.15, -0.1) is 0 Å². The molecule has 0 bridgehead atoms. The van der Waals surface area contributed by atoms with Crippen molar-refractivity contribution in [1.82, 2.24) is 5.32 Å². The number of halogens is 3. The number of alkyl halides is 3. The molecule has 1 amide bonds. The summed E-state index contributed by atoms with van der Waals surface area (Å²) in [6.07, 6.45) is -0.722. The summed E-state index contributed by atoms with van der Waals surface area (Å²) in [5.74, 6) is -0.296. The van der Waals surface area contributed by atoms with Crippen molar-refractivity contribution in [1.29, 1.82) is 0 Å². The Labute approximate surface area is 130 Å². The molecule has 9 heteroatoms. The normalized spacial score (nSPS) is 12.6. The minimum Gasteiger partial charge on any atom is -0.362 e. The Balaban J connectivity index is 2.84. The number of nitro benzene ring substituents is 1. The molecule has 0 unspecified atom stereocenters. The average molecular weight is 341 g/mol. The van der Waals surface area contributed by atoms with E-state index in [1.54, 1.807) is 6.92 Å². The predicted octanol–water partition coefficient (Wildman–Crippen LogP) is 3.23. The van der Waals surface area contributed by atoms with Gasteiger partial charge in [-0.1, -0.05) is 41.7 Å². The van der Waals surface area contributed by atoms with E-state index in [2.05, 4.69) is 10.6 Å². The molecule has 0 saturated heterocycles. The van der Waals surface area contributed by atoms with Crippen molar-refractivity contribution in [3.63, 3.8) is 0 Å². The summed E-state index contributed by atoms with van der Waals surface area (Å²) >= 11 is 17.3. The highest BCUT2D eigenvalue weighted by Gasteiger charge is 2.33. The highest BCUT2D eigenvalue weighted by atomic mass is 35.6. The first kappa shape index (κ1) is 16.8. The first-order valence-corrected chi connectivity index (χ1v) is 6.74. The predicted molar refractivity (Wildman–Crippen MR) is 79.2 cm³/mol. The maximum Gasteiger partial charge on any atom is 0.269 e. The molecule has 0 aliphatic rings. The van der Waals surface area contributed by atoms with Crippen LogP contribution in [0.2, 0.25) is 0 Å². The van der Waals surface area contributed by atoms with Crippen LogP contribution in [0.5, 0.6) is 0 Å². The molecule has 1 atom stereocenters. The number of nitrogens with zero attached hydrogens (tertiary/aromatic N) is 1. The number of amides is 1. The van der Waals surface area contributed by atoms with E-state index in [1.807, 2.05) is 0 Å². The molecule has 110 valence electrons. The Morgan fingerprint density at radius 1 is 1.35 bits per heavy atom. The lowest BCUT2D eigenvalue weighted by atomic mass is 10.3. The molecule has 0 aliphatic heterocycles. The fourth-order valence-electron chi connectivity index (χ4n) is 1.31. The molecule has 0 aliphatic carbocycles. The third kappa shape index (κ3) is 5.03. The van der Waals surface area contributed by atoms with Gasteiger partial charge >= 0.3 is 0 Å². The summed E-state index contributed by atoms with van der Waals surface area (Å²) in [5, 5.41) is 15.9. The maximum atomic E-state index is 11.4. The SMILES string of the molecule is CCC(=O)N[C@H](Nc1ccc([N+](=O)[O-])cc1)C(Cl)(Cl)Cl. The molecule has 0 radical (unpaired) electrons. The molecule has 20 heavy (non-hydrogen) atoms. The fourth-order valence-corrected chi connectivity index (χ4v) is 1.64. The van der Waals surface area contributed by atoms with Crippen molar-refractivity contribution in [2.45, 2.75) is 23.3 Å². The number of nitro groups is 1. The first-order chi connectivity index (χ1) is 9.24. The van der Waals surface area contributed by atoms with E-state index >= 15 is 0 Å². The summed E-state index contributed by atoms with van der Waals surface area (Å²) < 4.78 is -1.77. The van der Waals surface area contributed by atoms with Crippen LogP contribution >= 0.6 is 34.8 Å². The second-order valence-electron chi connectivity index (χ2n) is 3.84. The fraction of sp³-hybridized carbons (Fsp3) is 0.364. The maximum absolute atomic E-state index is 11.4.